The number of H-pyrrole nitrogens is 1. The highest BCUT2D eigenvalue weighted by atomic mass is 16.3. The SMILES string of the molecule is C[C@]12CN(c3ncccc3CO)C[C@H]1CCN(c1ncnc3[nH]ccc13)C2. The van der Waals surface area contributed by atoms with Crippen molar-refractivity contribution in [3.63, 3.8) is 0 Å². The number of aliphatic hydroxyl groups excluding tert-OH is 1. The van der Waals surface area contributed by atoms with Gasteiger partial charge >= 0.3 is 0 Å². The molecule has 2 atom stereocenters. The van der Waals surface area contributed by atoms with Crippen molar-refractivity contribution in [3.05, 3.63) is 42.5 Å². The first-order valence-electron chi connectivity index (χ1n) is 9.51. The van der Waals surface area contributed by atoms with Crippen LogP contribution >= 0.6 is 0 Å². The quantitative estimate of drug-likeness (QED) is 0.742. The number of nitrogens with one attached hydrogen (secondary N) is 1. The first-order valence-corrected chi connectivity index (χ1v) is 9.51. The van der Waals surface area contributed by atoms with Gasteiger partial charge in [-0.25, -0.2) is 15.0 Å². The molecule has 2 N–H and O–H groups in total. The highest BCUT2D eigenvalue weighted by Crippen LogP contribution is 2.44. The van der Waals surface area contributed by atoms with Crippen LogP contribution in [0.1, 0.15) is 18.9 Å². The van der Waals surface area contributed by atoms with Crippen molar-refractivity contribution in [2.45, 2.75) is 20.0 Å². The number of anilines is 2. The maximum Gasteiger partial charge on any atom is 0.142 e. The smallest absolute Gasteiger partial charge is 0.142 e. The molecule has 2 aliphatic heterocycles. The van der Waals surface area contributed by atoms with Gasteiger partial charge in [-0.3, -0.25) is 0 Å². The molecule has 3 aromatic heterocycles. The minimum atomic E-state index is 0.0274. The van der Waals surface area contributed by atoms with Crippen LogP contribution in [0.3, 0.4) is 0 Å². The molecule has 0 spiro atoms. The third-order valence-corrected chi connectivity index (χ3v) is 6.25. The molecule has 2 saturated heterocycles. The van der Waals surface area contributed by atoms with Crippen LogP contribution in [-0.4, -0.2) is 51.2 Å². The molecule has 3 aromatic rings. The fourth-order valence-corrected chi connectivity index (χ4v) is 4.85. The molecule has 7 nitrogen and oxygen atoms in total. The molecule has 7 heteroatoms. The summed E-state index contributed by atoms with van der Waals surface area (Å²) in [5, 5.41) is 10.8. The number of aromatic amines is 1. The van der Waals surface area contributed by atoms with Crippen molar-refractivity contribution in [1.29, 1.82) is 0 Å². The van der Waals surface area contributed by atoms with E-state index in [4.69, 9.17) is 0 Å². The van der Waals surface area contributed by atoms with Gasteiger partial charge in [-0.05, 0) is 24.5 Å². The normalized spacial score (nSPS) is 25.2. The van der Waals surface area contributed by atoms with Gasteiger partial charge in [0.2, 0.25) is 0 Å². The third-order valence-electron chi connectivity index (χ3n) is 6.25. The van der Waals surface area contributed by atoms with Crippen LogP contribution in [0, 0.1) is 11.3 Å². The Kier molecular flexibility index (Phi) is 3.79. The van der Waals surface area contributed by atoms with Crippen LogP contribution in [-0.2, 0) is 6.61 Å². The number of nitrogens with zero attached hydrogens (tertiary/aromatic N) is 5. The van der Waals surface area contributed by atoms with Crippen LogP contribution < -0.4 is 9.80 Å². The lowest BCUT2D eigenvalue weighted by Gasteiger charge is -2.42. The minimum absolute atomic E-state index is 0.0274. The minimum Gasteiger partial charge on any atom is -0.392 e. The van der Waals surface area contributed by atoms with Crippen molar-refractivity contribution in [3.8, 4) is 0 Å². The Hall–Kier alpha value is -2.67. The van der Waals surface area contributed by atoms with Crippen LogP contribution in [0.4, 0.5) is 11.6 Å². The Morgan fingerprint density at radius 2 is 2.07 bits per heavy atom. The van der Waals surface area contributed by atoms with E-state index in [1.165, 1.54) is 0 Å². The van der Waals surface area contributed by atoms with Crippen LogP contribution in [0.15, 0.2) is 36.9 Å². The van der Waals surface area contributed by atoms with Crippen molar-refractivity contribution in [2.24, 2.45) is 11.3 Å². The topological polar surface area (TPSA) is 81.2 Å². The lowest BCUT2D eigenvalue weighted by atomic mass is 9.75. The van der Waals surface area contributed by atoms with Gasteiger partial charge in [0.15, 0.2) is 0 Å². The molecular formula is C20H24N6O. The monoisotopic (exact) mass is 364 g/mol. The number of fused-ring (bicyclic) bond motifs is 2. The summed E-state index contributed by atoms with van der Waals surface area (Å²) in [6.45, 7) is 6.31. The summed E-state index contributed by atoms with van der Waals surface area (Å²) in [5.74, 6) is 2.57. The number of hydrogen-bond donors (Lipinski definition) is 2. The summed E-state index contributed by atoms with van der Waals surface area (Å²) in [4.78, 5) is 21.4. The molecule has 0 aromatic carbocycles. The molecule has 27 heavy (non-hydrogen) atoms. The number of piperidine rings is 1. The Morgan fingerprint density at radius 1 is 1.19 bits per heavy atom. The first-order chi connectivity index (χ1) is 13.2. The molecule has 140 valence electrons. The number of aromatic nitrogens is 4. The van der Waals surface area contributed by atoms with Gasteiger partial charge in [0, 0.05) is 49.6 Å². The maximum atomic E-state index is 9.68. The lowest BCUT2D eigenvalue weighted by Crippen LogP contribution is -2.47. The molecule has 0 amide bonds. The summed E-state index contributed by atoms with van der Waals surface area (Å²) in [6.07, 6.45) is 6.51. The summed E-state index contributed by atoms with van der Waals surface area (Å²) >= 11 is 0. The van der Waals surface area contributed by atoms with Gasteiger partial charge in [0.1, 0.15) is 23.6 Å². The van der Waals surface area contributed by atoms with Gasteiger partial charge in [-0.2, -0.15) is 0 Å². The molecule has 2 aliphatic rings. The number of pyridine rings is 1. The predicted molar refractivity (Wildman–Crippen MR) is 105 cm³/mol. The van der Waals surface area contributed by atoms with E-state index in [9.17, 15) is 5.11 Å². The van der Waals surface area contributed by atoms with E-state index in [0.717, 1.165) is 60.8 Å². The van der Waals surface area contributed by atoms with E-state index >= 15 is 0 Å². The Labute approximate surface area is 158 Å². The van der Waals surface area contributed by atoms with Crippen molar-refractivity contribution in [1.82, 2.24) is 19.9 Å². The fraction of sp³-hybridized carbons (Fsp3) is 0.450. The van der Waals surface area contributed by atoms with Gasteiger partial charge in [0.05, 0.1) is 12.0 Å². The standard InChI is InChI=1S/C20H24N6O/c1-20-11-25(19-16-4-7-21-17(16)23-13-24-19)8-5-15(20)9-26(12-20)18-14(10-27)3-2-6-22-18/h2-4,6-7,13,15,27H,5,8-12H2,1H3,(H,21,23,24)/t15-,20+/m1/s1. The van der Waals surface area contributed by atoms with Crippen LogP contribution in [0.5, 0.6) is 0 Å². The second-order valence-electron chi connectivity index (χ2n) is 8.02. The van der Waals surface area contributed by atoms with Crippen molar-refractivity contribution >= 4 is 22.7 Å². The highest BCUT2D eigenvalue weighted by molar-refractivity contribution is 5.87. The number of hydrogen-bond acceptors (Lipinski definition) is 6. The fourth-order valence-electron chi connectivity index (χ4n) is 4.85. The largest absolute Gasteiger partial charge is 0.392 e. The highest BCUT2D eigenvalue weighted by Gasteiger charge is 2.47. The second-order valence-corrected chi connectivity index (χ2v) is 8.02. The molecule has 5 rings (SSSR count). The van der Waals surface area contributed by atoms with Gasteiger partial charge < -0.3 is 19.9 Å². The van der Waals surface area contributed by atoms with E-state index in [0.29, 0.717) is 5.92 Å². The average molecular weight is 364 g/mol. The second kappa shape index (κ2) is 6.20. The molecular weight excluding hydrogens is 340 g/mol. The predicted octanol–water partition coefficient (Wildman–Crippen LogP) is 2.20. The molecule has 0 aliphatic carbocycles. The summed E-state index contributed by atoms with van der Waals surface area (Å²) in [7, 11) is 0. The molecule has 0 unspecified atom stereocenters. The Morgan fingerprint density at radius 3 is 2.96 bits per heavy atom. The first kappa shape index (κ1) is 16.5. The van der Waals surface area contributed by atoms with E-state index in [1.807, 2.05) is 24.5 Å². The number of aliphatic hydroxyl groups is 1. The lowest BCUT2D eigenvalue weighted by molar-refractivity contribution is 0.216. The van der Waals surface area contributed by atoms with Gasteiger partial charge in [-0.15, -0.1) is 0 Å². The molecule has 0 saturated carbocycles. The zero-order valence-corrected chi connectivity index (χ0v) is 15.5. The summed E-state index contributed by atoms with van der Waals surface area (Å²) in [5.41, 5.74) is 1.96. The van der Waals surface area contributed by atoms with E-state index in [-0.39, 0.29) is 12.0 Å². The molecule has 0 bridgehead atoms. The zero-order chi connectivity index (χ0) is 18.4. The van der Waals surface area contributed by atoms with Crippen LogP contribution in [0.25, 0.3) is 11.0 Å². The molecule has 2 fully saturated rings. The maximum absolute atomic E-state index is 9.68. The Balaban J connectivity index is 1.43. The zero-order valence-electron chi connectivity index (χ0n) is 15.5. The van der Waals surface area contributed by atoms with Gasteiger partial charge in [0.25, 0.3) is 0 Å². The van der Waals surface area contributed by atoms with Gasteiger partial charge in [-0.1, -0.05) is 13.0 Å². The number of rotatable bonds is 3. The average Bonchev–Trinajstić information content (AvgIpc) is 3.30. The van der Waals surface area contributed by atoms with E-state index in [1.54, 1.807) is 6.33 Å². The Bertz CT molecular complexity index is 972. The summed E-state index contributed by atoms with van der Waals surface area (Å²) in [6, 6.07) is 5.91. The van der Waals surface area contributed by atoms with Crippen molar-refractivity contribution in [2.75, 3.05) is 36.0 Å². The van der Waals surface area contributed by atoms with Crippen LogP contribution in [0.2, 0.25) is 0 Å². The third kappa shape index (κ3) is 2.65. The van der Waals surface area contributed by atoms with E-state index < -0.39 is 0 Å². The molecule has 5 heterocycles. The molecule has 0 radical (unpaired) electrons. The van der Waals surface area contributed by atoms with E-state index in [2.05, 4.69) is 42.7 Å². The van der Waals surface area contributed by atoms with Crippen molar-refractivity contribution < 1.29 is 5.11 Å². The summed E-state index contributed by atoms with van der Waals surface area (Å²) < 4.78 is 0.